The predicted molar refractivity (Wildman–Crippen MR) is 86.5 cm³/mol. The average Bonchev–Trinajstić information content (AvgIpc) is 3.28. The van der Waals surface area contributed by atoms with Crippen molar-refractivity contribution < 1.29 is 4.79 Å². The van der Waals surface area contributed by atoms with Gasteiger partial charge >= 0.3 is 0 Å². The molecule has 2 bridgehead atoms. The summed E-state index contributed by atoms with van der Waals surface area (Å²) in [5.74, 6) is 0.906. The fraction of sp³-hybridized carbons (Fsp3) is 0.824. The number of hydrogen-bond donors (Lipinski definition) is 1. The molecule has 3 atom stereocenters. The van der Waals surface area contributed by atoms with Crippen LogP contribution >= 0.6 is 0 Å². The minimum atomic E-state index is -0.121. The molecule has 2 aliphatic carbocycles. The highest BCUT2D eigenvalue weighted by molar-refractivity contribution is 5.83. The molecule has 4 aliphatic rings. The molecule has 2 saturated heterocycles. The summed E-state index contributed by atoms with van der Waals surface area (Å²) in [6.45, 7) is 6.92. The van der Waals surface area contributed by atoms with Gasteiger partial charge in [-0.2, -0.15) is 15.0 Å². The Balaban J connectivity index is 1.35. The number of carbonyl (C=O) groups is 1. The van der Waals surface area contributed by atoms with Crippen LogP contribution in [0.3, 0.4) is 0 Å². The fourth-order valence-corrected chi connectivity index (χ4v) is 4.59. The van der Waals surface area contributed by atoms with Crippen LogP contribution in [0.25, 0.3) is 0 Å². The molecule has 1 aromatic heterocycles. The third-order valence-electron chi connectivity index (χ3n) is 6.19. The third-order valence-corrected chi connectivity index (χ3v) is 6.19. The van der Waals surface area contributed by atoms with Crippen LogP contribution in [-0.2, 0) is 17.9 Å². The lowest BCUT2D eigenvalue weighted by molar-refractivity contribution is -0.131. The van der Waals surface area contributed by atoms with Crippen LogP contribution in [0.4, 0.5) is 0 Å². The first-order valence-electron chi connectivity index (χ1n) is 9.03. The first-order chi connectivity index (χ1) is 11.1. The summed E-state index contributed by atoms with van der Waals surface area (Å²) >= 11 is 0. The monoisotopic (exact) mass is 317 g/mol. The number of aryl methyl sites for hydroxylation is 1. The molecule has 6 nitrogen and oxygen atoms in total. The number of nitrogens with one attached hydrogen (secondary N) is 1. The Labute approximate surface area is 137 Å². The molecule has 1 aromatic rings. The van der Waals surface area contributed by atoms with Gasteiger partial charge in [-0.3, -0.25) is 9.69 Å². The zero-order valence-electron chi connectivity index (χ0n) is 14.2. The normalized spacial score (nSPS) is 32.0. The molecule has 3 unspecified atom stereocenters. The van der Waals surface area contributed by atoms with Crippen molar-refractivity contribution in [1.82, 2.24) is 25.2 Å². The predicted octanol–water partition coefficient (Wildman–Crippen LogP) is 1.57. The lowest BCUT2D eigenvalue weighted by Crippen LogP contribution is -2.56. The molecule has 126 valence electrons. The SMILES string of the molecule is CCn1ncc(CN2CC3CC2C3NC(=O)C2(C)CCCC2)n1. The Bertz CT molecular complexity index is 592. The van der Waals surface area contributed by atoms with E-state index in [0.717, 1.165) is 38.2 Å². The highest BCUT2D eigenvalue weighted by Gasteiger charge is 2.53. The Hall–Kier alpha value is -1.43. The maximum Gasteiger partial charge on any atom is 0.226 e. The average molecular weight is 317 g/mol. The quantitative estimate of drug-likeness (QED) is 0.895. The highest BCUT2D eigenvalue weighted by atomic mass is 16.2. The number of rotatable bonds is 5. The van der Waals surface area contributed by atoms with E-state index in [-0.39, 0.29) is 11.3 Å². The minimum Gasteiger partial charge on any atom is -0.351 e. The van der Waals surface area contributed by atoms with E-state index in [2.05, 4.69) is 27.3 Å². The van der Waals surface area contributed by atoms with E-state index >= 15 is 0 Å². The zero-order chi connectivity index (χ0) is 16.0. The van der Waals surface area contributed by atoms with Crippen molar-refractivity contribution >= 4 is 5.91 Å². The molecule has 5 rings (SSSR count). The molecule has 0 aromatic carbocycles. The number of nitrogens with zero attached hydrogens (tertiary/aromatic N) is 4. The van der Waals surface area contributed by atoms with E-state index in [4.69, 9.17) is 0 Å². The minimum absolute atomic E-state index is 0.121. The molecule has 2 saturated carbocycles. The molecular weight excluding hydrogens is 290 g/mol. The summed E-state index contributed by atoms with van der Waals surface area (Å²) in [4.78, 5) is 16.8. The van der Waals surface area contributed by atoms with E-state index in [1.807, 2.05) is 13.1 Å². The molecule has 1 N–H and O–H groups in total. The zero-order valence-corrected chi connectivity index (χ0v) is 14.2. The number of amides is 1. The summed E-state index contributed by atoms with van der Waals surface area (Å²) in [6.07, 6.45) is 7.56. The standard InChI is InChI=1S/C17H27N5O/c1-3-22-18-9-13(20-22)11-21-10-12-8-14(21)15(12)19-16(23)17(2)6-4-5-7-17/h9,12,14-15H,3-8,10-11H2,1-2H3,(H,19,23). The smallest absolute Gasteiger partial charge is 0.226 e. The van der Waals surface area contributed by atoms with Gasteiger partial charge in [0.05, 0.1) is 18.4 Å². The van der Waals surface area contributed by atoms with Gasteiger partial charge in [-0.25, -0.2) is 0 Å². The molecule has 4 fully saturated rings. The molecule has 23 heavy (non-hydrogen) atoms. The Morgan fingerprint density at radius 2 is 2.22 bits per heavy atom. The summed E-state index contributed by atoms with van der Waals surface area (Å²) in [7, 11) is 0. The number of hydrogen-bond acceptors (Lipinski definition) is 4. The van der Waals surface area contributed by atoms with Gasteiger partial charge < -0.3 is 5.32 Å². The third kappa shape index (κ3) is 2.57. The largest absolute Gasteiger partial charge is 0.351 e. The molecule has 0 spiro atoms. The second kappa shape index (κ2) is 5.58. The summed E-state index contributed by atoms with van der Waals surface area (Å²) in [5, 5.41) is 12.1. The van der Waals surface area contributed by atoms with Crippen molar-refractivity contribution in [2.24, 2.45) is 11.3 Å². The number of fused-ring (bicyclic) bond motifs is 1. The van der Waals surface area contributed by atoms with Crippen LogP contribution in [0.2, 0.25) is 0 Å². The van der Waals surface area contributed by atoms with Crippen molar-refractivity contribution in [2.45, 2.75) is 71.1 Å². The molecule has 1 amide bonds. The summed E-state index contributed by atoms with van der Waals surface area (Å²) in [5.41, 5.74) is 0.913. The maximum absolute atomic E-state index is 12.6. The van der Waals surface area contributed by atoms with Crippen LogP contribution in [0.15, 0.2) is 6.20 Å². The van der Waals surface area contributed by atoms with Gasteiger partial charge in [0.2, 0.25) is 5.91 Å². The van der Waals surface area contributed by atoms with Crippen molar-refractivity contribution in [2.75, 3.05) is 6.54 Å². The van der Waals surface area contributed by atoms with Gasteiger partial charge in [-0.1, -0.05) is 19.8 Å². The first kappa shape index (κ1) is 15.1. The van der Waals surface area contributed by atoms with Crippen molar-refractivity contribution in [3.8, 4) is 0 Å². The second-order valence-electron chi connectivity index (χ2n) is 7.78. The van der Waals surface area contributed by atoms with E-state index in [0.29, 0.717) is 18.0 Å². The molecule has 6 heteroatoms. The van der Waals surface area contributed by atoms with Gasteiger partial charge in [0, 0.05) is 30.6 Å². The fourth-order valence-electron chi connectivity index (χ4n) is 4.59. The Kier molecular flexibility index (Phi) is 3.67. The van der Waals surface area contributed by atoms with Crippen LogP contribution in [0.5, 0.6) is 0 Å². The lowest BCUT2D eigenvalue weighted by Gasteiger charge is -2.39. The summed E-state index contributed by atoms with van der Waals surface area (Å²) in [6, 6.07) is 0.835. The Morgan fingerprint density at radius 1 is 1.43 bits per heavy atom. The highest BCUT2D eigenvalue weighted by Crippen LogP contribution is 2.43. The van der Waals surface area contributed by atoms with Crippen LogP contribution in [0.1, 0.15) is 51.6 Å². The van der Waals surface area contributed by atoms with Gasteiger partial charge in [-0.15, -0.1) is 0 Å². The van der Waals surface area contributed by atoms with E-state index < -0.39 is 0 Å². The lowest BCUT2D eigenvalue weighted by atomic mass is 9.78. The molecule has 2 aliphatic heterocycles. The number of carbonyl (C=O) groups excluding carboxylic acids is 1. The van der Waals surface area contributed by atoms with Crippen LogP contribution in [-0.4, -0.2) is 44.4 Å². The number of aromatic nitrogens is 3. The van der Waals surface area contributed by atoms with Gasteiger partial charge in [0.1, 0.15) is 0 Å². The van der Waals surface area contributed by atoms with Gasteiger partial charge in [0.15, 0.2) is 0 Å². The van der Waals surface area contributed by atoms with E-state index in [1.165, 1.54) is 19.3 Å². The van der Waals surface area contributed by atoms with Gasteiger partial charge in [-0.05, 0) is 32.1 Å². The first-order valence-corrected chi connectivity index (χ1v) is 9.03. The van der Waals surface area contributed by atoms with Crippen LogP contribution in [0, 0.1) is 11.3 Å². The molecule has 0 radical (unpaired) electrons. The second-order valence-corrected chi connectivity index (χ2v) is 7.78. The molecule has 3 heterocycles. The maximum atomic E-state index is 12.6. The van der Waals surface area contributed by atoms with Gasteiger partial charge in [0.25, 0.3) is 0 Å². The van der Waals surface area contributed by atoms with Crippen molar-refractivity contribution in [3.63, 3.8) is 0 Å². The van der Waals surface area contributed by atoms with Crippen LogP contribution < -0.4 is 5.32 Å². The summed E-state index contributed by atoms with van der Waals surface area (Å²) < 4.78 is 0. The molecular formula is C17H27N5O. The Morgan fingerprint density at radius 3 is 2.91 bits per heavy atom. The van der Waals surface area contributed by atoms with Crippen molar-refractivity contribution in [1.29, 1.82) is 0 Å². The van der Waals surface area contributed by atoms with Crippen molar-refractivity contribution in [3.05, 3.63) is 11.9 Å². The van der Waals surface area contributed by atoms with E-state index in [1.54, 1.807) is 4.80 Å². The topological polar surface area (TPSA) is 63.1 Å². The van der Waals surface area contributed by atoms with E-state index in [9.17, 15) is 4.79 Å².